The smallest absolute Gasteiger partial charge is 0.387 e. The van der Waals surface area contributed by atoms with Crippen molar-refractivity contribution in [1.29, 1.82) is 0 Å². The molecular formula is C19H17F2N3O2S. The van der Waals surface area contributed by atoms with E-state index in [1.54, 1.807) is 49.4 Å². The minimum atomic E-state index is -2.98. The molecule has 1 amide bonds. The van der Waals surface area contributed by atoms with E-state index in [0.717, 1.165) is 0 Å². The Balaban J connectivity index is 1.99. The van der Waals surface area contributed by atoms with Gasteiger partial charge in [0.25, 0.3) is 5.91 Å². The molecule has 1 aliphatic rings. The second kappa shape index (κ2) is 8.13. The van der Waals surface area contributed by atoms with Crippen LogP contribution >= 0.6 is 12.2 Å². The van der Waals surface area contributed by atoms with Gasteiger partial charge in [0, 0.05) is 16.9 Å². The number of para-hydroxylation sites is 2. The number of rotatable bonds is 5. The van der Waals surface area contributed by atoms with Crippen molar-refractivity contribution in [1.82, 2.24) is 10.6 Å². The predicted molar refractivity (Wildman–Crippen MR) is 102 cm³/mol. The van der Waals surface area contributed by atoms with Crippen LogP contribution < -0.4 is 20.7 Å². The molecule has 140 valence electrons. The lowest BCUT2D eigenvalue weighted by atomic mass is 9.94. The van der Waals surface area contributed by atoms with Gasteiger partial charge in [0.2, 0.25) is 0 Å². The van der Waals surface area contributed by atoms with Crippen molar-refractivity contribution in [2.75, 3.05) is 5.32 Å². The van der Waals surface area contributed by atoms with E-state index in [0.29, 0.717) is 27.6 Å². The zero-order valence-corrected chi connectivity index (χ0v) is 15.1. The van der Waals surface area contributed by atoms with E-state index in [4.69, 9.17) is 12.2 Å². The number of anilines is 1. The number of benzene rings is 2. The van der Waals surface area contributed by atoms with Gasteiger partial charge in [-0.25, -0.2) is 0 Å². The normalized spacial score (nSPS) is 16.6. The first-order valence-corrected chi connectivity index (χ1v) is 8.55. The highest BCUT2D eigenvalue weighted by atomic mass is 32.1. The maximum Gasteiger partial charge on any atom is 0.387 e. The Hall–Kier alpha value is -3.00. The molecule has 2 aromatic rings. The molecular weight excluding hydrogens is 372 g/mol. The SMILES string of the molecule is CC1=C(C(=O)Nc2ccccc2)[C@H](c2ccccc2OC(F)F)NC(=S)N1. The molecule has 0 aliphatic carbocycles. The lowest BCUT2D eigenvalue weighted by molar-refractivity contribution is -0.113. The molecule has 3 rings (SSSR count). The summed E-state index contributed by atoms with van der Waals surface area (Å²) < 4.78 is 30.2. The maximum atomic E-state index is 12.9. The van der Waals surface area contributed by atoms with E-state index >= 15 is 0 Å². The van der Waals surface area contributed by atoms with Crippen LogP contribution in [0.1, 0.15) is 18.5 Å². The summed E-state index contributed by atoms with van der Waals surface area (Å²) >= 11 is 5.18. The number of amides is 1. The van der Waals surface area contributed by atoms with Crippen molar-refractivity contribution >= 4 is 28.9 Å². The molecule has 0 saturated carbocycles. The first-order valence-electron chi connectivity index (χ1n) is 8.14. The maximum absolute atomic E-state index is 12.9. The van der Waals surface area contributed by atoms with Crippen molar-refractivity contribution < 1.29 is 18.3 Å². The molecule has 0 fully saturated rings. The van der Waals surface area contributed by atoms with Crippen molar-refractivity contribution in [3.63, 3.8) is 0 Å². The van der Waals surface area contributed by atoms with Crippen LogP contribution in [-0.2, 0) is 4.79 Å². The molecule has 1 atom stereocenters. The summed E-state index contributed by atoms with van der Waals surface area (Å²) in [5.74, 6) is -0.398. The fourth-order valence-corrected chi connectivity index (χ4v) is 3.14. The van der Waals surface area contributed by atoms with Gasteiger partial charge >= 0.3 is 6.61 Å². The zero-order chi connectivity index (χ0) is 19.4. The number of ether oxygens (including phenoxy) is 1. The summed E-state index contributed by atoms with van der Waals surface area (Å²) in [5.41, 5.74) is 1.87. The van der Waals surface area contributed by atoms with Gasteiger partial charge in [0.05, 0.1) is 11.6 Å². The summed E-state index contributed by atoms with van der Waals surface area (Å²) in [7, 11) is 0. The van der Waals surface area contributed by atoms with Gasteiger partial charge in [0.15, 0.2) is 5.11 Å². The van der Waals surface area contributed by atoms with E-state index in [1.807, 2.05) is 6.07 Å². The minimum absolute atomic E-state index is 0.0208. The Morgan fingerprint density at radius 1 is 1.15 bits per heavy atom. The van der Waals surface area contributed by atoms with Gasteiger partial charge in [-0.05, 0) is 37.3 Å². The molecule has 1 aliphatic heterocycles. The van der Waals surface area contributed by atoms with Crippen molar-refractivity contribution in [3.8, 4) is 5.75 Å². The third kappa shape index (κ3) is 4.40. The van der Waals surface area contributed by atoms with E-state index in [2.05, 4.69) is 20.7 Å². The highest BCUT2D eigenvalue weighted by Gasteiger charge is 2.32. The van der Waals surface area contributed by atoms with Gasteiger partial charge in [0.1, 0.15) is 5.75 Å². The number of carbonyl (C=O) groups excluding carboxylic acids is 1. The van der Waals surface area contributed by atoms with Crippen molar-refractivity contribution in [2.45, 2.75) is 19.6 Å². The number of allylic oxidation sites excluding steroid dienone is 1. The number of hydrogen-bond acceptors (Lipinski definition) is 3. The number of halogens is 2. The number of hydrogen-bond donors (Lipinski definition) is 3. The van der Waals surface area contributed by atoms with Gasteiger partial charge in [-0.3, -0.25) is 4.79 Å². The number of thiocarbonyl (C=S) groups is 1. The molecule has 8 heteroatoms. The zero-order valence-electron chi connectivity index (χ0n) is 14.3. The standard InChI is InChI=1S/C19H17F2N3O2S/c1-11-15(17(25)23-12-7-3-2-4-8-12)16(24-19(27)22-11)13-9-5-6-10-14(13)26-18(20)21/h2-10,16,18H,1H3,(H,23,25)(H2,22,24,27)/t16-/m0/s1. The molecule has 1 heterocycles. The third-order valence-corrected chi connectivity index (χ3v) is 4.21. The summed E-state index contributed by atoms with van der Waals surface area (Å²) in [4.78, 5) is 12.9. The summed E-state index contributed by atoms with van der Waals surface area (Å²) in [6.07, 6.45) is 0. The second-order valence-corrected chi connectivity index (χ2v) is 6.21. The average molecular weight is 389 g/mol. The van der Waals surface area contributed by atoms with Crippen LogP contribution in [0, 0.1) is 0 Å². The summed E-state index contributed by atoms with van der Waals surface area (Å²) in [5, 5.41) is 8.98. The summed E-state index contributed by atoms with van der Waals surface area (Å²) in [6, 6.07) is 14.5. The topological polar surface area (TPSA) is 62.4 Å². The van der Waals surface area contributed by atoms with Gasteiger partial charge in [-0.2, -0.15) is 8.78 Å². The minimum Gasteiger partial charge on any atom is -0.434 e. The fourth-order valence-electron chi connectivity index (χ4n) is 2.87. The second-order valence-electron chi connectivity index (χ2n) is 5.81. The fraction of sp³-hybridized carbons (Fsp3) is 0.158. The molecule has 3 N–H and O–H groups in total. The largest absolute Gasteiger partial charge is 0.434 e. The lowest BCUT2D eigenvalue weighted by Gasteiger charge is -2.31. The molecule has 0 aromatic heterocycles. The Bertz CT molecular complexity index is 888. The monoisotopic (exact) mass is 389 g/mol. The van der Waals surface area contributed by atoms with E-state index in [9.17, 15) is 13.6 Å². The highest BCUT2D eigenvalue weighted by Crippen LogP contribution is 2.34. The van der Waals surface area contributed by atoms with Crippen LogP contribution in [0.15, 0.2) is 65.9 Å². The van der Waals surface area contributed by atoms with Gasteiger partial charge in [-0.1, -0.05) is 36.4 Å². The lowest BCUT2D eigenvalue weighted by Crippen LogP contribution is -2.45. The van der Waals surface area contributed by atoms with Crippen LogP contribution in [0.5, 0.6) is 5.75 Å². The number of alkyl halides is 2. The molecule has 0 saturated heterocycles. The first kappa shape index (κ1) is 18.8. The van der Waals surface area contributed by atoms with Crippen LogP contribution in [-0.4, -0.2) is 17.6 Å². The predicted octanol–water partition coefficient (Wildman–Crippen LogP) is 3.72. The number of carbonyl (C=O) groups is 1. The van der Waals surface area contributed by atoms with Crippen molar-refractivity contribution in [2.24, 2.45) is 0 Å². The Morgan fingerprint density at radius 3 is 2.52 bits per heavy atom. The van der Waals surface area contributed by atoms with E-state index < -0.39 is 12.7 Å². The molecule has 5 nitrogen and oxygen atoms in total. The van der Waals surface area contributed by atoms with Crippen LogP contribution in [0.2, 0.25) is 0 Å². The first-order chi connectivity index (χ1) is 13.0. The Morgan fingerprint density at radius 2 is 1.81 bits per heavy atom. The van der Waals surface area contributed by atoms with Crippen molar-refractivity contribution in [3.05, 3.63) is 71.4 Å². The van der Waals surface area contributed by atoms with Crippen LogP contribution in [0.25, 0.3) is 0 Å². The molecule has 0 spiro atoms. The number of nitrogens with one attached hydrogen (secondary N) is 3. The molecule has 0 unspecified atom stereocenters. The Labute approximate surface area is 160 Å². The Kier molecular flexibility index (Phi) is 5.66. The van der Waals surface area contributed by atoms with E-state index in [1.165, 1.54) is 6.07 Å². The molecule has 0 bridgehead atoms. The molecule has 0 radical (unpaired) electrons. The van der Waals surface area contributed by atoms with Crippen LogP contribution in [0.4, 0.5) is 14.5 Å². The van der Waals surface area contributed by atoms with Gasteiger partial charge < -0.3 is 20.7 Å². The quantitative estimate of drug-likeness (QED) is 0.681. The molecule has 2 aromatic carbocycles. The third-order valence-electron chi connectivity index (χ3n) is 3.99. The molecule has 27 heavy (non-hydrogen) atoms. The highest BCUT2D eigenvalue weighted by molar-refractivity contribution is 7.80. The average Bonchev–Trinajstić information content (AvgIpc) is 2.61. The van der Waals surface area contributed by atoms with Crippen LogP contribution in [0.3, 0.4) is 0 Å². The van der Waals surface area contributed by atoms with E-state index in [-0.39, 0.29) is 11.7 Å². The summed E-state index contributed by atoms with van der Waals surface area (Å²) in [6.45, 7) is -1.28. The van der Waals surface area contributed by atoms with Gasteiger partial charge in [-0.15, -0.1) is 0 Å².